The average molecular weight is 491 g/mol. The molecular weight excluding hydrogens is 479 g/mol. The fourth-order valence-electron chi connectivity index (χ4n) is 3.92. The number of rotatable bonds is 2. The molecule has 1 aromatic heterocycles. The third-order valence-electron chi connectivity index (χ3n) is 5.12. The smallest absolute Gasteiger partial charge is 0.305 e. The number of thioether (sulfide) groups is 1. The van der Waals surface area contributed by atoms with Crippen molar-refractivity contribution in [1.29, 1.82) is 0 Å². The van der Waals surface area contributed by atoms with Crippen molar-refractivity contribution in [2.24, 2.45) is 5.92 Å². The molecule has 0 bridgehead atoms. The van der Waals surface area contributed by atoms with Gasteiger partial charge >= 0.3 is 4.87 Å². The number of anilines is 1. The normalized spacial score (nSPS) is 23.2. The Labute approximate surface area is 181 Å². The number of aromatic nitrogens is 1. The second-order valence-electron chi connectivity index (χ2n) is 6.79. The van der Waals surface area contributed by atoms with Gasteiger partial charge in [0.25, 0.3) is 0 Å². The van der Waals surface area contributed by atoms with Crippen LogP contribution in [-0.2, 0) is 9.59 Å². The van der Waals surface area contributed by atoms with Gasteiger partial charge in [-0.3, -0.25) is 14.4 Å². The number of imide groups is 1. The molecule has 0 spiro atoms. The molecule has 3 unspecified atom stereocenters. The second kappa shape index (κ2) is 6.93. The van der Waals surface area contributed by atoms with E-state index in [1.54, 1.807) is 0 Å². The average Bonchev–Trinajstić information content (AvgIpc) is 3.18. The zero-order chi connectivity index (χ0) is 20.3. The summed E-state index contributed by atoms with van der Waals surface area (Å²) in [5, 5.41) is -0.0254. The van der Waals surface area contributed by atoms with Crippen LogP contribution in [0.15, 0.2) is 62.8 Å². The molecule has 146 valence electrons. The molecule has 5 rings (SSSR count). The third kappa shape index (κ3) is 2.99. The van der Waals surface area contributed by atoms with Crippen LogP contribution in [0, 0.1) is 11.7 Å². The van der Waals surface area contributed by atoms with Crippen LogP contribution in [0.3, 0.4) is 0 Å². The summed E-state index contributed by atoms with van der Waals surface area (Å²) in [5.74, 6) is -2.19. The molecule has 1 N–H and O–H groups in total. The number of carbonyl (C=O) groups excluding carboxylic acids is 2. The van der Waals surface area contributed by atoms with Crippen molar-refractivity contribution in [2.75, 3.05) is 4.90 Å². The number of fused-ring (bicyclic) bond motifs is 2. The highest BCUT2D eigenvalue weighted by atomic mass is 79.9. The SMILES string of the molecule is O=C1C2Sc3[nH]c(=O)sc3C(c3cccc(Br)c3)C2C(=O)N1c1ccc(F)cc1. The number of halogens is 2. The Morgan fingerprint density at radius 3 is 2.52 bits per heavy atom. The summed E-state index contributed by atoms with van der Waals surface area (Å²) < 4.78 is 14.2. The maximum absolute atomic E-state index is 13.4. The summed E-state index contributed by atoms with van der Waals surface area (Å²) in [4.78, 5) is 43.1. The van der Waals surface area contributed by atoms with Crippen molar-refractivity contribution in [1.82, 2.24) is 4.98 Å². The number of nitrogens with zero attached hydrogens (tertiary/aromatic N) is 1. The summed E-state index contributed by atoms with van der Waals surface area (Å²) in [5.41, 5.74) is 1.20. The van der Waals surface area contributed by atoms with Gasteiger partial charge in [-0.25, -0.2) is 9.29 Å². The van der Waals surface area contributed by atoms with Crippen molar-refractivity contribution < 1.29 is 14.0 Å². The quantitative estimate of drug-likeness (QED) is 0.548. The van der Waals surface area contributed by atoms with Gasteiger partial charge in [0.1, 0.15) is 11.1 Å². The van der Waals surface area contributed by atoms with Crippen LogP contribution in [0.2, 0.25) is 0 Å². The number of nitrogens with one attached hydrogen (secondary N) is 1. The Morgan fingerprint density at radius 2 is 1.79 bits per heavy atom. The Hall–Kier alpha value is -2.23. The minimum atomic E-state index is -0.658. The molecule has 2 aliphatic heterocycles. The molecule has 29 heavy (non-hydrogen) atoms. The van der Waals surface area contributed by atoms with Gasteiger partial charge in [-0.05, 0) is 42.0 Å². The molecule has 3 aromatic rings. The third-order valence-corrected chi connectivity index (χ3v) is 8.01. The highest BCUT2D eigenvalue weighted by Gasteiger charge is 2.56. The maximum atomic E-state index is 13.4. The number of aromatic amines is 1. The molecule has 1 fully saturated rings. The number of H-pyrrole nitrogens is 1. The number of amides is 2. The number of hydrogen-bond donors (Lipinski definition) is 1. The topological polar surface area (TPSA) is 70.2 Å². The van der Waals surface area contributed by atoms with E-state index in [9.17, 15) is 18.8 Å². The molecule has 2 aromatic carbocycles. The first-order valence-electron chi connectivity index (χ1n) is 8.72. The van der Waals surface area contributed by atoms with Crippen LogP contribution in [0.1, 0.15) is 16.4 Å². The highest BCUT2D eigenvalue weighted by Crippen LogP contribution is 2.53. The Morgan fingerprint density at radius 1 is 1.03 bits per heavy atom. The number of thiazole rings is 1. The summed E-state index contributed by atoms with van der Waals surface area (Å²) in [6.45, 7) is 0. The first-order chi connectivity index (χ1) is 13.9. The molecule has 9 heteroatoms. The number of benzene rings is 2. The van der Waals surface area contributed by atoms with Crippen LogP contribution in [0.4, 0.5) is 10.1 Å². The van der Waals surface area contributed by atoms with Crippen LogP contribution in [0.5, 0.6) is 0 Å². The summed E-state index contributed by atoms with van der Waals surface area (Å²) in [6.07, 6.45) is 0. The van der Waals surface area contributed by atoms with Crippen molar-refractivity contribution >= 4 is 56.5 Å². The van der Waals surface area contributed by atoms with Crippen molar-refractivity contribution in [3.05, 3.63) is 78.9 Å². The molecule has 2 amide bonds. The van der Waals surface area contributed by atoms with Crippen LogP contribution >= 0.6 is 39.0 Å². The zero-order valence-electron chi connectivity index (χ0n) is 14.6. The van der Waals surface area contributed by atoms with E-state index in [0.717, 1.165) is 31.2 Å². The van der Waals surface area contributed by atoms with Gasteiger partial charge in [-0.1, -0.05) is 51.2 Å². The van der Waals surface area contributed by atoms with E-state index in [-0.39, 0.29) is 16.7 Å². The number of hydrogen-bond acceptors (Lipinski definition) is 5. The first-order valence-corrected chi connectivity index (χ1v) is 11.2. The first kappa shape index (κ1) is 18.8. The Bertz CT molecular complexity index is 1210. The monoisotopic (exact) mass is 490 g/mol. The second-order valence-corrected chi connectivity index (χ2v) is 9.88. The lowest BCUT2D eigenvalue weighted by molar-refractivity contribution is -0.122. The van der Waals surface area contributed by atoms with E-state index in [4.69, 9.17) is 0 Å². The molecule has 3 heterocycles. The lowest BCUT2D eigenvalue weighted by Crippen LogP contribution is -2.32. The number of carbonyl (C=O) groups is 2. The molecule has 3 atom stereocenters. The zero-order valence-corrected chi connectivity index (χ0v) is 17.8. The maximum Gasteiger partial charge on any atom is 0.305 e. The summed E-state index contributed by atoms with van der Waals surface area (Å²) >= 11 is 5.75. The van der Waals surface area contributed by atoms with Gasteiger partial charge in [-0.2, -0.15) is 0 Å². The lowest BCUT2D eigenvalue weighted by Gasteiger charge is -2.29. The molecule has 1 saturated heterocycles. The lowest BCUT2D eigenvalue weighted by atomic mass is 9.83. The molecular formula is C20H12BrFN2O3S2. The molecule has 5 nitrogen and oxygen atoms in total. The Kier molecular flexibility index (Phi) is 4.49. The predicted molar refractivity (Wildman–Crippen MR) is 113 cm³/mol. The van der Waals surface area contributed by atoms with E-state index in [2.05, 4.69) is 20.9 Å². The van der Waals surface area contributed by atoms with Crippen LogP contribution < -0.4 is 9.77 Å². The van der Waals surface area contributed by atoms with Crippen molar-refractivity contribution in [2.45, 2.75) is 16.2 Å². The molecule has 0 radical (unpaired) electrons. The van der Waals surface area contributed by atoms with Gasteiger partial charge in [0, 0.05) is 15.3 Å². The van der Waals surface area contributed by atoms with E-state index >= 15 is 0 Å². The Balaban J connectivity index is 1.66. The largest absolute Gasteiger partial charge is 0.307 e. The van der Waals surface area contributed by atoms with Crippen molar-refractivity contribution in [3.8, 4) is 0 Å². The fraction of sp³-hybridized carbons (Fsp3) is 0.150. The van der Waals surface area contributed by atoms with E-state index < -0.39 is 22.9 Å². The molecule has 2 aliphatic rings. The summed E-state index contributed by atoms with van der Waals surface area (Å²) in [7, 11) is 0. The van der Waals surface area contributed by atoms with E-state index in [1.165, 1.54) is 36.0 Å². The fourth-order valence-corrected chi connectivity index (χ4v) is 6.85. The van der Waals surface area contributed by atoms with Gasteiger partial charge in [0.05, 0.1) is 16.6 Å². The van der Waals surface area contributed by atoms with E-state index in [1.807, 2.05) is 24.3 Å². The highest BCUT2D eigenvalue weighted by molar-refractivity contribution is 9.10. The van der Waals surface area contributed by atoms with Gasteiger partial charge in [-0.15, -0.1) is 0 Å². The van der Waals surface area contributed by atoms with Crippen LogP contribution in [-0.4, -0.2) is 22.0 Å². The van der Waals surface area contributed by atoms with Gasteiger partial charge in [0.2, 0.25) is 11.8 Å². The standard InChI is InChI=1S/C20H12BrFN2O3S2/c21-10-3-1-2-9(8-10)13-14-16(28-17-15(13)29-20(27)23-17)19(26)24(18(14)25)12-6-4-11(22)5-7-12/h1-8,13-14,16H,(H,23,27). The van der Waals surface area contributed by atoms with E-state index in [0.29, 0.717) is 10.7 Å². The minimum absolute atomic E-state index is 0.210. The summed E-state index contributed by atoms with van der Waals surface area (Å²) in [6, 6.07) is 12.9. The minimum Gasteiger partial charge on any atom is -0.307 e. The van der Waals surface area contributed by atoms with Gasteiger partial charge in [0.15, 0.2) is 0 Å². The van der Waals surface area contributed by atoms with Crippen molar-refractivity contribution in [3.63, 3.8) is 0 Å². The predicted octanol–water partition coefficient (Wildman–Crippen LogP) is 4.13. The van der Waals surface area contributed by atoms with Crippen LogP contribution in [0.25, 0.3) is 0 Å². The van der Waals surface area contributed by atoms with Gasteiger partial charge < -0.3 is 4.98 Å². The molecule has 0 aliphatic carbocycles. The molecule has 0 saturated carbocycles.